The number of hydrogen-bond acceptors (Lipinski definition) is 3. The zero-order chi connectivity index (χ0) is 18.1. The predicted octanol–water partition coefficient (Wildman–Crippen LogP) is 4.23. The molecule has 0 amide bonds. The SMILES string of the molecule is O=C(O)[C@@H]1CCCC[C@H]1C(=O)OCC1c2ccccc2-c2ccccc21. The average molecular weight is 350 g/mol. The fourth-order valence-corrected chi connectivity index (χ4v) is 4.42. The van der Waals surface area contributed by atoms with Crippen LogP contribution in [-0.4, -0.2) is 23.7 Å². The molecule has 1 fully saturated rings. The maximum atomic E-state index is 12.6. The lowest BCUT2D eigenvalue weighted by Crippen LogP contribution is -2.34. The van der Waals surface area contributed by atoms with Crippen molar-refractivity contribution < 1.29 is 19.4 Å². The van der Waals surface area contributed by atoms with Crippen molar-refractivity contribution in [3.8, 4) is 11.1 Å². The van der Waals surface area contributed by atoms with Crippen LogP contribution in [-0.2, 0) is 14.3 Å². The second-order valence-electron chi connectivity index (χ2n) is 7.19. The number of hydrogen-bond donors (Lipinski definition) is 1. The molecule has 134 valence electrons. The molecule has 2 aliphatic carbocycles. The maximum absolute atomic E-state index is 12.6. The molecule has 0 saturated heterocycles. The van der Waals surface area contributed by atoms with E-state index in [1.165, 1.54) is 22.3 Å². The Balaban J connectivity index is 1.53. The minimum atomic E-state index is -0.886. The molecule has 2 aromatic rings. The zero-order valence-electron chi connectivity index (χ0n) is 14.6. The number of carboxylic acid groups (broad SMARTS) is 1. The third kappa shape index (κ3) is 2.90. The third-order valence-corrected chi connectivity index (χ3v) is 5.74. The molecule has 0 aliphatic heterocycles. The fraction of sp³-hybridized carbons (Fsp3) is 0.364. The Morgan fingerprint density at radius 3 is 2.00 bits per heavy atom. The first kappa shape index (κ1) is 16.8. The van der Waals surface area contributed by atoms with E-state index in [9.17, 15) is 14.7 Å². The summed E-state index contributed by atoms with van der Waals surface area (Å²) in [7, 11) is 0. The Kier molecular flexibility index (Phi) is 4.49. The number of carbonyl (C=O) groups excluding carboxylic acids is 1. The molecule has 4 rings (SSSR count). The number of fused-ring (bicyclic) bond motifs is 3. The lowest BCUT2D eigenvalue weighted by atomic mass is 9.79. The number of carboxylic acids is 1. The number of benzene rings is 2. The molecule has 0 bridgehead atoms. The van der Waals surface area contributed by atoms with Crippen LogP contribution in [0.4, 0.5) is 0 Å². The second kappa shape index (κ2) is 6.94. The summed E-state index contributed by atoms with van der Waals surface area (Å²) < 4.78 is 5.66. The van der Waals surface area contributed by atoms with Crippen LogP contribution in [0.5, 0.6) is 0 Å². The molecule has 0 spiro atoms. The number of aliphatic carboxylic acids is 1. The Bertz CT molecular complexity index is 796. The van der Waals surface area contributed by atoms with Crippen molar-refractivity contribution in [1.29, 1.82) is 0 Å². The van der Waals surface area contributed by atoms with Gasteiger partial charge in [0.25, 0.3) is 0 Å². The van der Waals surface area contributed by atoms with E-state index in [1.54, 1.807) is 0 Å². The highest BCUT2D eigenvalue weighted by molar-refractivity contribution is 5.82. The van der Waals surface area contributed by atoms with E-state index >= 15 is 0 Å². The molecule has 2 aromatic carbocycles. The fourth-order valence-electron chi connectivity index (χ4n) is 4.42. The summed E-state index contributed by atoms with van der Waals surface area (Å²) in [6.45, 7) is 0.260. The van der Waals surface area contributed by atoms with Gasteiger partial charge in [-0.05, 0) is 35.1 Å². The molecule has 0 aromatic heterocycles. The number of rotatable bonds is 4. The monoisotopic (exact) mass is 350 g/mol. The van der Waals surface area contributed by atoms with Crippen molar-refractivity contribution in [2.24, 2.45) is 11.8 Å². The van der Waals surface area contributed by atoms with Crippen molar-refractivity contribution in [2.45, 2.75) is 31.6 Å². The summed E-state index contributed by atoms with van der Waals surface area (Å²) in [4.78, 5) is 24.1. The van der Waals surface area contributed by atoms with Gasteiger partial charge in [-0.2, -0.15) is 0 Å². The second-order valence-corrected chi connectivity index (χ2v) is 7.19. The molecule has 0 radical (unpaired) electrons. The van der Waals surface area contributed by atoms with Crippen molar-refractivity contribution in [3.63, 3.8) is 0 Å². The van der Waals surface area contributed by atoms with E-state index in [4.69, 9.17) is 4.74 Å². The van der Waals surface area contributed by atoms with E-state index < -0.39 is 17.8 Å². The van der Waals surface area contributed by atoms with Crippen LogP contribution in [0.2, 0.25) is 0 Å². The van der Waals surface area contributed by atoms with Crippen LogP contribution in [0.25, 0.3) is 11.1 Å². The normalized spacial score (nSPS) is 21.7. The van der Waals surface area contributed by atoms with E-state index in [1.807, 2.05) is 24.3 Å². The average Bonchev–Trinajstić information content (AvgIpc) is 3.00. The Labute approximate surface area is 152 Å². The molecule has 4 nitrogen and oxygen atoms in total. The smallest absolute Gasteiger partial charge is 0.309 e. The standard InChI is InChI=1S/C22H22O4/c23-21(24)18-11-5-6-12-19(18)22(25)26-13-20-16-9-3-1-7-14(16)15-8-2-4-10-17(15)20/h1-4,7-10,18-20H,5-6,11-13H2,(H,23,24)/t18-,19-/m1/s1. The van der Waals surface area contributed by atoms with Gasteiger partial charge in [0, 0.05) is 5.92 Å². The van der Waals surface area contributed by atoms with Crippen molar-refractivity contribution in [3.05, 3.63) is 59.7 Å². The zero-order valence-corrected chi connectivity index (χ0v) is 14.6. The molecule has 1 N–H and O–H groups in total. The lowest BCUT2D eigenvalue weighted by Gasteiger charge is -2.27. The van der Waals surface area contributed by atoms with E-state index in [0.29, 0.717) is 12.8 Å². The molecular formula is C22H22O4. The van der Waals surface area contributed by atoms with Gasteiger partial charge < -0.3 is 9.84 Å². The number of carbonyl (C=O) groups is 2. The Morgan fingerprint density at radius 2 is 1.42 bits per heavy atom. The largest absolute Gasteiger partial charge is 0.481 e. The van der Waals surface area contributed by atoms with Crippen molar-refractivity contribution in [1.82, 2.24) is 0 Å². The molecule has 1 saturated carbocycles. The summed E-state index contributed by atoms with van der Waals surface area (Å²) in [5.74, 6) is -2.37. The summed E-state index contributed by atoms with van der Waals surface area (Å²) >= 11 is 0. The maximum Gasteiger partial charge on any atom is 0.309 e. The number of ether oxygens (including phenoxy) is 1. The van der Waals surface area contributed by atoms with Crippen LogP contribution < -0.4 is 0 Å². The molecule has 2 aliphatic rings. The highest BCUT2D eigenvalue weighted by Gasteiger charge is 2.37. The summed E-state index contributed by atoms with van der Waals surface area (Å²) in [5.41, 5.74) is 4.70. The van der Waals surface area contributed by atoms with Crippen LogP contribution >= 0.6 is 0 Å². The first-order valence-electron chi connectivity index (χ1n) is 9.24. The Hall–Kier alpha value is -2.62. The van der Waals surface area contributed by atoms with Crippen LogP contribution in [0.1, 0.15) is 42.7 Å². The van der Waals surface area contributed by atoms with Crippen molar-refractivity contribution >= 4 is 11.9 Å². The van der Waals surface area contributed by atoms with E-state index in [0.717, 1.165) is 12.8 Å². The first-order chi connectivity index (χ1) is 12.7. The van der Waals surface area contributed by atoms with Gasteiger partial charge in [0.05, 0.1) is 11.8 Å². The third-order valence-electron chi connectivity index (χ3n) is 5.74. The lowest BCUT2D eigenvalue weighted by molar-refractivity contribution is -0.159. The van der Waals surface area contributed by atoms with Gasteiger partial charge in [-0.1, -0.05) is 61.4 Å². The van der Waals surface area contributed by atoms with Gasteiger partial charge in [-0.3, -0.25) is 9.59 Å². The molecule has 0 heterocycles. The van der Waals surface area contributed by atoms with E-state index in [-0.39, 0.29) is 18.5 Å². The van der Waals surface area contributed by atoms with Gasteiger partial charge in [-0.25, -0.2) is 0 Å². The van der Waals surface area contributed by atoms with Crippen LogP contribution in [0, 0.1) is 11.8 Å². The van der Waals surface area contributed by atoms with Gasteiger partial charge >= 0.3 is 11.9 Å². The van der Waals surface area contributed by atoms with Gasteiger partial charge in [0.1, 0.15) is 6.61 Å². The summed E-state index contributed by atoms with van der Waals surface area (Å²) in [6, 6.07) is 16.4. The minimum Gasteiger partial charge on any atom is -0.481 e. The van der Waals surface area contributed by atoms with Crippen LogP contribution in [0.15, 0.2) is 48.5 Å². The predicted molar refractivity (Wildman–Crippen MR) is 97.8 cm³/mol. The number of esters is 1. The molecular weight excluding hydrogens is 328 g/mol. The molecule has 26 heavy (non-hydrogen) atoms. The van der Waals surface area contributed by atoms with Gasteiger partial charge in [0.2, 0.25) is 0 Å². The summed E-state index contributed by atoms with van der Waals surface area (Å²) in [6.07, 6.45) is 2.92. The van der Waals surface area contributed by atoms with E-state index in [2.05, 4.69) is 24.3 Å². The first-order valence-corrected chi connectivity index (χ1v) is 9.24. The Morgan fingerprint density at radius 1 is 0.885 bits per heavy atom. The van der Waals surface area contributed by atoms with Crippen molar-refractivity contribution in [2.75, 3.05) is 6.61 Å². The highest BCUT2D eigenvalue weighted by Crippen LogP contribution is 2.44. The summed E-state index contributed by atoms with van der Waals surface area (Å²) in [5, 5.41) is 9.39. The molecule has 2 atom stereocenters. The topological polar surface area (TPSA) is 63.6 Å². The highest BCUT2D eigenvalue weighted by atomic mass is 16.5. The van der Waals surface area contributed by atoms with Gasteiger partial charge in [0.15, 0.2) is 0 Å². The van der Waals surface area contributed by atoms with Gasteiger partial charge in [-0.15, -0.1) is 0 Å². The minimum absolute atomic E-state index is 0.0122. The quantitative estimate of drug-likeness (QED) is 0.838. The molecule has 4 heteroatoms. The van der Waals surface area contributed by atoms with Crippen LogP contribution in [0.3, 0.4) is 0 Å². The molecule has 0 unspecified atom stereocenters.